The average Bonchev–Trinajstić information content (AvgIpc) is 3.20. The van der Waals surface area contributed by atoms with E-state index in [1.165, 1.54) is 48.0 Å². The SMILES string of the molecule is COc1ccc(S(=O)(=O)N2CCOCC2)cc1NC(=O)/C=C/c1ccco1. The van der Waals surface area contributed by atoms with Gasteiger partial charge in [-0.3, -0.25) is 4.79 Å². The Hall–Kier alpha value is -2.62. The molecule has 3 rings (SSSR count). The quantitative estimate of drug-likeness (QED) is 0.755. The second-order valence-electron chi connectivity index (χ2n) is 5.72. The minimum Gasteiger partial charge on any atom is -0.495 e. The maximum Gasteiger partial charge on any atom is 0.248 e. The van der Waals surface area contributed by atoms with E-state index in [1.807, 2.05) is 0 Å². The van der Waals surface area contributed by atoms with Gasteiger partial charge in [-0.25, -0.2) is 8.42 Å². The topological polar surface area (TPSA) is 98.1 Å². The Balaban J connectivity index is 1.82. The lowest BCUT2D eigenvalue weighted by atomic mass is 10.3. The molecule has 2 aromatic rings. The molecule has 1 amide bonds. The van der Waals surface area contributed by atoms with E-state index in [1.54, 1.807) is 12.1 Å². The molecule has 0 radical (unpaired) electrons. The van der Waals surface area contributed by atoms with E-state index in [0.717, 1.165) is 0 Å². The third-order valence-electron chi connectivity index (χ3n) is 3.98. The monoisotopic (exact) mass is 392 g/mol. The van der Waals surface area contributed by atoms with Crippen LogP contribution in [0.15, 0.2) is 52.0 Å². The summed E-state index contributed by atoms with van der Waals surface area (Å²) in [7, 11) is -2.24. The molecule has 8 nitrogen and oxygen atoms in total. The molecular formula is C18H20N2O6S. The molecule has 0 atom stereocenters. The minimum atomic E-state index is -3.68. The lowest BCUT2D eigenvalue weighted by Crippen LogP contribution is -2.40. The van der Waals surface area contributed by atoms with Gasteiger partial charge in [0.05, 0.1) is 37.2 Å². The van der Waals surface area contributed by atoms with Gasteiger partial charge in [0.2, 0.25) is 15.9 Å². The Kier molecular flexibility index (Phi) is 5.94. The highest BCUT2D eigenvalue weighted by atomic mass is 32.2. The van der Waals surface area contributed by atoms with Crippen LogP contribution in [0.1, 0.15) is 5.76 Å². The Morgan fingerprint density at radius 2 is 2.04 bits per heavy atom. The van der Waals surface area contributed by atoms with Crippen LogP contribution in [0.3, 0.4) is 0 Å². The van der Waals surface area contributed by atoms with Crippen molar-refractivity contribution in [1.29, 1.82) is 0 Å². The molecule has 1 aliphatic heterocycles. The van der Waals surface area contributed by atoms with Gasteiger partial charge >= 0.3 is 0 Å². The highest BCUT2D eigenvalue weighted by molar-refractivity contribution is 7.89. The Morgan fingerprint density at radius 3 is 2.70 bits per heavy atom. The molecule has 0 aliphatic carbocycles. The normalized spacial score (nSPS) is 15.7. The van der Waals surface area contributed by atoms with Gasteiger partial charge in [-0.15, -0.1) is 0 Å². The molecule has 0 unspecified atom stereocenters. The van der Waals surface area contributed by atoms with Crippen LogP contribution < -0.4 is 10.1 Å². The van der Waals surface area contributed by atoms with Crippen molar-refractivity contribution in [2.75, 3.05) is 38.7 Å². The first-order valence-corrected chi connectivity index (χ1v) is 9.73. The van der Waals surface area contributed by atoms with Crippen molar-refractivity contribution in [1.82, 2.24) is 4.31 Å². The van der Waals surface area contributed by atoms with Gasteiger partial charge in [0.25, 0.3) is 0 Å². The molecule has 0 saturated carbocycles. The third kappa shape index (κ3) is 4.57. The van der Waals surface area contributed by atoms with Gasteiger partial charge in [0.15, 0.2) is 0 Å². The standard InChI is InChI=1S/C18H20N2O6S/c1-24-17-6-5-15(27(22,23)20-8-11-25-12-9-20)13-16(17)19-18(21)7-4-14-3-2-10-26-14/h2-7,10,13H,8-9,11-12H2,1H3,(H,19,21)/b7-4+. The maximum absolute atomic E-state index is 12.8. The summed E-state index contributed by atoms with van der Waals surface area (Å²) in [5, 5.41) is 2.64. The van der Waals surface area contributed by atoms with Gasteiger partial charge < -0.3 is 19.2 Å². The van der Waals surface area contributed by atoms with Crippen molar-refractivity contribution >= 4 is 27.7 Å². The van der Waals surface area contributed by atoms with E-state index < -0.39 is 15.9 Å². The molecule has 27 heavy (non-hydrogen) atoms. The first-order valence-electron chi connectivity index (χ1n) is 8.29. The highest BCUT2D eigenvalue weighted by Crippen LogP contribution is 2.29. The molecule has 1 N–H and O–H groups in total. The summed E-state index contributed by atoms with van der Waals surface area (Å²) in [4.78, 5) is 12.2. The fraction of sp³-hybridized carbons (Fsp3) is 0.278. The summed E-state index contributed by atoms with van der Waals surface area (Å²) in [5.41, 5.74) is 0.265. The fourth-order valence-corrected chi connectivity index (χ4v) is 4.03. The van der Waals surface area contributed by atoms with Crippen LogP contribution in [0, 0.1) is 0 Å². The Morgan fingerprint density at radius 1 is 1.26 bits per heavy atom. The summed E-state index contributed by atoms with van der Waals surface area (Å²) >= 11 is 0. The van der Waals surface area contributed by atoms with Crippen LogP contribution in [0.25, 0.3) is 6.08 Å². The number of rotatable bonds is 6. The van der Waals surface area contributed by atoms with E-state index in [0.29, 0.717) is 37.8 Å². The summed E-state index contributed by atoms with van der Waals surface area (Å²) in [6.45, 7) is 1.30. The lowest BCUT2D eigenvalue weighted by molar-refractivity contribution is -0.111. The zero-order chi connectivity index (χ0) is 19.3. The number of carbonyl (C=O) groups excluding carboxylic acids is 1. The number of methoxy groups -OCH3 is 1. The summed E-state index contributed by atoms with van der Waals surface area (Å²) in [5.74, 6) is 0.446. The number of benzene rings is 1. The number of ether oxygens (including phenoxy) is 2. The van der Waals surface area contributed by atoms with E-state index in [4.69, 9.17) is 13.9 Å². The number of nitrogens with zero attached hydrogens (tertiary/aromatic N) is 1. The minimum absolute atomic E-state index is 0.0792. The first-order chi connectivity index (χ1) is 13.0. The second-order valence-corrected chi connectivity index (χ2v) is 7.65. The molecule has 1 fully saturated rings. The second kappa shape index (κ2) is 8.38. The number of nitrogens with one attached hydrogen (secondary N) is 1. The number of anilines is 1. The first kappa shape index (κ1) is 19.2. The van der Waals surface area contributed by atoms with E-state index in [-0.39, 0.29) is 10.6 Å². The largest absolute Gasteiger partial charge is 0.495 e. The van der Waals surface area contributed by atoms with Gasteiger partial charge in [-0.2, -0.15) is 4.31 Å². The zero-order valence-electron chi connectivity index (χ0n) is 14.8. The molecule has 0 spiro atoms. The molecule has 1 saturated heterocycles. The van der Waals surface area contributed by atoms with E-state index >= 15 is 0 Å². The number of morpholine rings is 1. The number of hydrogen-bond donors (Lipinski definition) is 1. The number of amides is 1. The van der Waals surface area contributed by atoms with Crippen molar-refractivity contribution in [3.8, 4) is 5.75 Å². The van der Waals surface area contributed by atoms with Gasteiger partial charge in [0, 0.05) is 19.2 Å². The third-order valence-corrected chi connectivity index (χ3v) is 5.87. The van der Waals surface area contributed by atoms with Crippen molar-refractivity contribution in [3.63, 3.8) is 0 Å². The van der Waals surface area contributed by atoms with E-state index in [9.17, 15) is 13.2 Å². The van der Waals surface area contributed by atoms with Crippen LogP contribution in [-0.2, 0) is 19.6 Å². The van der Waals surface area contributed by atoms with Crippen molar-refractivity contribution in [2.45, 2.75) is 4.90 Å². The smallest absolute Gasteiger partial charge is 0.248 e. The van der Waals surface area contributed by atoms with Crippen molar-refractivity contribution < 1.29 is 27.1 Å². The Labute approximate surface area is 157 Å². The molecule has 2 heterocycles. The van der Waals surface area contributed by atoms with Crippen LogP contribution >= 0.6 is 0 Å². The zero-order valence-corrected chi connectivity index (χ0v) is 15.6. The number of sulfonamides is 1. The van der Waals surface area contributed by atoms with Crippen LogP contribution in [-0.4, -0.2) is 52.0 Å². The van der Waals surface area contributed by atoms with Crippen LogP contribution in [0.4, 0.5) is 5.69 Å². The molecule has 0 bridgehead atoms. The summed E-state index contributed by atoms with van der Waals surface area (Å²) in [6.07, 6.45) is 4.30. The lowest BCUT2D eigenvalue weighted by Gasteiger charge is -2.26. The van der Waals surface area contributed by atoms with E-state index in [2.05, 4.69) is 5.32 Å². The summed E-state index contributed by atoms with van der Waals surface area (Å²) in [6, 6.07) is 7.78. The number of hydrogen-bond acceptors (Lipinski definition) is 6. The summed E-state index contributed by atoms with van der Waals surface area (Å²) < 4.78 is 42.5. The van der Waals surface area contributed by atoms with Crippen molar-refractivity contribution in [3.05, 3.63) is 48.4 Å². The van der Waals surface area contributed by atoms with Gasteiger partial charge in [-0.05, 0) is 36.4 Å². The molecule has 1 aliphatic rings. The number of furan rings is 1. The van der Waals surface area contributed by atoms with Gasteiger partial charge in [0.1, 0.15) is 11.5 Å². The van der Waals surface area contributed by atoms with Crippen LogP contribution in [0.2, 0.25) is 0 Å². The highest BCUT2D eigenvalue weighted by Gasteiger charge is 2.27. The fourth-order valence-electron chi connectivity index (χ4n) is 2.60. The average molecular weight is 392 g/mol. The maximum atomic E-state index is 12.8. The Bertz CT molecular complexity index is 915. The van der Waals surface area contributed by atoms with Gasteiger partial charge in [-0.1, -0.05) is 0 Å². The molecule has 9 heteroatoms. The predicted molar refractivity (Wildman–Crippen MR) is 98.9 cm³/mol. The number of carbonyl (C=O) groups is 1. The predicted octanol–water partition coefficient (Wildman–Crippen LogP) is 1.96. The molecule has 1 aromatic heterocycles. The molecule has 144 valence electrons. The molecule has 1 aromatic carbocycles. The van der Waals surface area contributed by atoms with Crippen molar-refractivity contribution in [2.24, 2.45) is 0 Å². The molecular weight excluding hydrogens is 372 g/mol. The van der Waals surface area contributed by atoms with Crippen LogP contribution in [0.5, 0.6) is 5.75 Å².